The number of aliphatic hydroxyl groups is 1. The van der Waals surface area contributed by atoms with Gasteiger partial charge < -0.3 is 10.6 Å². The van der Waals surface area contributed by atoms with Crippen LogP contribution in [0, 0.1) is 11.3 Å². The first-order chi connectivity index (χ1) is 5.25. The summed E-state index contributed by atoms with van der Waals surface area (Å²) in [7, 11) is 0. The molecule has 1 rings (SSSR count). The lowest BCUT2D eigenvalue weighted by atomic mass is 10.1. The fraction of sp³-hybridized carbons (Fsp3) is 0.125. The van der Waals surface area contributed by atoms with Crippen LogP contribution in [0.25, 0.3) is 0 Å². The first kappa shape index (κ1) is 10.9. The predicted molar refractivity (Wildman–Crippen MR) is 45.6 cm³/mol. The highest BCUT2D eigenvalue weighted by Crippen LogP contribution is 2.21. The highest BCUT2D eigenvalue weighted by molar-refractivity contribution is 6.31. The number of rotatable bonds is 1. The first-order valence-corrected chi connectivity index (χ1v) is 3.45. The molecule has 1 unspecified atom stereocenters. The highest BCUT2D eigenvalue weighted by atomic mass is 35.5. The van der Waals surface area contributed by atoms with E-state index in [1.807, 2.05) is 0 Å². The lowest BCUT2D eigenvalue weighted by Gasteiger charge is -2.02. The van der Waals surface area contributed by atoms with E-state index in [0.29, 0.717) is 10.6 Å². The summed E-state index contributed by atoms with van der Waals surface area (Å²) in [6.07, 6.45) is -1.12. The Kier molecular flexibility index (Phi) is 4.30. The maximum absolute atomic E-state index is 9.06. The summed E-state index contributed by atoms with van der Waals surface area (Å²) in [6.45, 7) is 0. The van der Waals surface area contributed by atoms with Crippen LogP contribution < -0.4 is 0 Å². The normalized spacial score (nSPS) is 11.1. The van der Waals surface area contributed by atoms with Crippen molar-refractivity contribution in [2.45, 2.75) is 6.10 Å². The third-order valence-electron chi connectivity index (χ3n) is 1.32. The van der Waals surface area contributed by atoms with Gasteiger partial charge in [-0.2, -0.15) is 5.26 Å². The van der Waals surface area contributed by atoms with Crippen LogP contribution in [0.2, 0.25) is 5.02 Å². The summed E-state index contributed by atoms with van der Waals surface area (Å²) < 4.78 is 0. The molecule has 0 saturated carbocycles. The largest absolute Gasteiger partial charge is 0.412 e. The molecule has 0 aliphatic heterocycles. The highest BCUT2D eigenvalue weighted by Gasteiger charge is 2.07. The molecular formula is C8H8ClNO2. The van der Waals surface area contributed by atoms with Crippen molar-refractivity contribution >= 4 is 11.6 Å². The van der Waals surface area contributed by atoms with Crippen molar-refractivity contribution in [2.24, 2.45) is 0 Å². The first-order valence-electron chi connectivity index (χ1n) is 3.08. The number of nitriles is 1. The van der Waals surface area contributed by atoms with E-state index in [9.17, 15) is 0 Å². The maximum Gasteiger partial charge on any atom is 0.167 e. The molecule has 4 heteroatoms. The molecule has 0 saturated heterocycles. The number of hydrogen-bond acceptors (Lipinski definition) is 2. The molecule has 12 heavy (non-hydrogen) atoms. The molecule has 1 atom stereocenters. The molecule has 3 N–H and O–H groups in total. The van der Waals surface area contributed by atoms with Crippen molar-refractivity contribution in [1.29, 1.82) is 5.26 Å². The summed E-state index contributed by atoms with van der Waals surface area (Å²) in [5.41, 5.74) is 0.455. The molecule has 0 radical (unpaired) electrons. The van der Waals surface area contributed by atoms with E-state index < -0.39 is 6.10 Å². The minimum absolute atomic E-state index is 0. The van der Waals surface area contributed by atoms with Gasteiger partial charge in [-0.3, -0.25) is 0 Å². The Bertz CT molecular complexity index is 295. The van der Waals surface area contributed by atoms with Gasteiger partial charge in [-0.15, -0.1) is 0 Å². The smallest absolute Gasteiger partial charge is 0.167 e. The third kappa shape index (κ3) is 2.21. The SMILES string of the molecule is N#CC(O)c1ccccc1Cl.O. The van der Waals surface area contributed by atoms with E-state index in [1.54, 1.807) is 30.3 Å². The minimum atomic E-state index is -1.12. The molecule has 0 aliphatic carbocycles. The molecule has 3 nitrogen and oxygen atoms in total. The monoisotopic (exact) mass is 185 g/mol. The van der Waals surface area contributed by atoms with Gasteiger partial charge in [0.25, 0.3) is 0 Å². The summed E-state index contributed by atoms with van der Waals surface area (Å²) in [6, 6.07) is 8.42. The Balaban J connectivity index is 0.00000121. The number of aliphatic hydroxyl groups excluding tert-OH is 1. The Morgan fingerprint density at radius 1 is 1.42 bits per heavy atom. The molecule has 1 aromatic rings. The van der Waals surface area contributed by atoms with Gasteiger partial charge in [0.1, 0.15) is 0 Å². The van der Waals surface area contributed by atoms with Crippen LogP contribution in [0.3, 0.4) is 0 Å². The van der Waals surface area contributed by atoms with Crippen LogP contribution in [0.4, 0.5) is 0 Å². The van der Waals surface area contributed by atoms with Gasteiger partial charge in [-0.05, 0) is 6.07 Å². The molecule has 0 aromatic heterocycles. The van der Waals surface area contributed by atoms with E-state index >= 15 is 0 Å². The lowest BCUT2D eigenvalue weighted by Crippen LogP contribution is -1.93. The molecule has 64 valence electrons. The van der Waals surface area contributed by atoms with E-state index in [4.69, 9.17) is 22.0 Å². The van der Waals surface area contributed by atoms with Gasteiger partial charge in [0, 0.05) is 10.6 Å². The molecule has 0 bridgehead atoms. The number of halogens is 1. The predicted octanol–water partition coefficient (Wildman–Crippen LogP) is 1.07. The zero-order valence-electron chi connectivity index (χ0n) is 6.16. The Labute approximate surface area is 75.1 Å². The van der Waals surface area contributed by atoms with Crippen molar-refractivity contribution in [3.8, 4) is 6.07 Å². The van der Waals surface area contributed by atoms with Gasteiger partial charge in [0.15, 0.2) is 6.10 Å². The molecular weight excluding hydrogens is 178 g/mol. The molecule has 0 spiro atoms. The maximum atomic E-state index is 9.06. The second-order valence-electron chi connectivity index (χ2n) is 2.05. The third-order valence-corrected chi connectivity index (χ3v) is 1.67. The van der Waals surface area contributed by atoms with E-state index in [-0.39, 0.29) is 5.48 Å². The van der Waals surface area contributed by atoms with Gasteiger partial charge >= 0.3 is 0 Å². The average Bonchev–Trinajstić information content (AvgIpc) is 2.04. The number of nitrogens with zero attached hydrogens (tertiary/aromatic N) is 1. The summed E-state index contributed by atoms with van der Waals surface area (Å²) >= 11 is 5.69. The van der Waals surface area contributed by atoms with Crippen LogP contribution in [0.15, 0.2) is 24.3 Å². The molecule has 0 heterocycles. The fourth-order valence-corrected chi connectivity index (χ4v) is 1.01. The van der Waals surface area contributed by atoms with Gasteiger partial charge in [0.2, 0.25) is 0 Å². The van der Waals surface area contributed by atoms with Gasteiger partial charge in [-0.25, -0.2) is 0 Å². The lowest BCUT2D eigenvalue weighted by molar-refractivity contribution is 0.236. The zero-order chi connectivity index (χ0) is 8.27. The Morgan fingerprint density at radius 2 is 2.00 bits per heavy atom. The van der Waals surface area contributed by atoms with Crippen LogP contribution in [0.5, 0.6) is 0 Å². The van der Waals surface area contributed by atoms with E-state index in [2.05, 4.69) is 0 Å². The number of hydrogen-bond donors (Lipinski definition) is 1. The topological polar surface area (TPSA) is 75.5 Å². The van der Waals surface area contributed by atoms with Crippen molar-refractivity contribution in [2.75, 3.05) is 0 Å². The van der Waals surface area contributed by atoms with Crippen molar-refractivity contribution in [1.82, 2.24) is 0 Å². The van der Waals surface area contributed by atoms with E-state index in [1.165, 1.54) is 0 Å². The second kappa shape index (κ2) is 4.73. The zero-order valence-corrected chi connectivity index (χ0v) is 6.92. The number of benzene rings is 1. The van der Waals surface area contributed by atoms with Crippen molar-refractivity contribution in [3.63, 3.8) is 0 Å². The average molecular weight is 186 g/mol. The van der Waals surface area contributed by atoms with Crippen LogP contribution in [-0.4, -0.2) is 10.6 Å². The Hall–Kier alpha value is -1.08. The summed E-state index contributed by atoms with van der Waals surface area (Å²) in [5, 5.41) is 17.8. The molecule has 0 amide bonds. The summed E-state index contributed by atoms with van der Waals surface area (Å²) in [5.74, 6) is 0. The van der Waals surface area contributed by atoms with Crippen molar-refractivity contribution in [3.05, 3.63) is 34.9 Å². The molecule has 0 fully saturated rings. The van der Waals surface area contributed by atoms with Gasteiger partial charge in [0.05, 0.1) is 6.07 Å². The standard InChI is InChI=1S/C8H6ClNO.H2O/c9-7-4-2-1-3-6(7)8(11)5-10;/h1-4,8,11H;1H2. The second-order valence-corrected chi connectivity index (χ2v) is 2.46. The quantitative estimate of drug-likeness (QED) is 0.665. The Morgan fingerprint density at radius 3 is 2.50 bits per heavy atom. The summed E-state index contributed by atoms with van der Waals surface area (Å²) in [4.78, 5) is 0. The van der Waals surface area contributed by atoms with Crippen LogP contribution in [-0.2, 0) is 0 Å². The van der Waals surface area contributed by atoms with Crippen LogP contribution in [0.1, 0.15) is 11.7 Å². The van der Waals surface area contributed by atoms with E-state index in [0.717, 1.165) is 0 Å². The van der Waals surface area contributed by atoms with Crippen LogP contribution >= 0.6 is 11.6 Å². The van der Waals surface area contributed by atoms with Crippen molar-refractivity contribution < 1.29 is 10.6 Å². The molecule has 0 aliphatic rings. The minimum Gasteiger partial charge on any atom is -0.412 e. The molecule has 1 aromatic carbocycles. The fourth-order valence-electron chi connectivity index (χ4n) is 0.766. The van der Waals surface area contributed by atoms with Gasteiger partial charge in [-0.1, -0.05) is 29.8 Å².